The molecule has 140 valence electrons. The van der Waals surface area contributed by atoms with Crippen molar-refractivity contribution in [1.29, 1.82) is 0 Å². The van der Waals surface area contributed by atoms with Crippen molar-refractivity contribution in [3.8, 4) is 5.75 Å². The predicted molar refractivity (Wildman–Crippen MR) is 101 cm³/mol. The quantitative estimate of drug-likeness (QED) is 0.643. The number of hydrogen-bond donors (Lipinski definition) is 0. The molecule has 3 aromatic rings. The second kappa shape index (κ2) is 7.40. The van der Waals surface area contributed by atoms with Gasteiger partial charge in [-0.1, -0.05) is 18.2 Å². The number of benzene rings is 2. The fourth-order valence-electron chi connectivity index (χ4n) is 3.62. The van der Waals surface area contributed by atoms with Gasteiger partial charge in [-0.15, -0.1) is 0 Å². The Morgan fingerprint density at radius 1 is 1.26 bits per heavy atom. The van der Waals surface area contributed by atoms with Crippen molar-refractivity contribution in [1.82, 2.24) is 9.88 Å². The molecular weight excluding hydrogens is 344 g/mol. The number of methoxy groups -OCH3 is 2. The zero-order valence-electron chi connectivity index (χ0n) is 15.5. The highest BCUT2D eigenvalue weighted by molar-refractivity contribution is 6.00. The lowest BCUT2D eigenvalue weighted by Crippen LogP contribution is -2.19. The van der Waals surface area contributed by atoms with Crippen LogP contribution in [0.5, 0.6) is 5.75 Å². The van der Waals surface area contributed by atoms with Crippen molar-refractivity contribution < 1.29 is 18.7 Å². The van der Waals surface area contributed by atoms with Gasteiger partial charge in [0.2, 0.25) is 0 Å². The van der Waals surface area contributed by atoms with Crippen molar-refractivity contribution in [2.24, 2.45) is 0 Å². The maximum Gasteiger partial charge on any atom is 0.341 e. The predicted octanol–water partition coefficient (Wildman–Crippen LogP) is 3.61. The summed E-state index contributed by atoms with van der Waals surface area (Å²) in [4.78, 5) is 18.9. The third kappa shape index (κ3) is 3.53. The van der Waals surface area contributed by atoms with E-state index in [2.05, 4.69) is 22.0 Å². The molecule has 0 radical (unpaired) electrons. The maximum absolute atomic E-state index is 11.9. The molecule has 0 aliphatic carbocycles. The van der Waals surface area contributed by atoms with E-state index in [-0.39, 0.29) is 5.92 Å². The number of oxazole rings is 1. The number of carbonyl (C=O) groups is 1. The van der Waals surface area contributed by atoms with E-state index in [9.17, 15) is 4.79 Å². The normalized spacial score (nSPS) is 17.3. The van der Waals surface area contributed by atoms with Gasteiger partial charge < -0.3 is 13.9 Å². The van der Waals surface area contributed by atoms with Crippen LogP contribution in [0.15, 0.2) is 46.9 Å². The molecule has 0 spiro atoms. The van der Waals surface area contributed by atoms with Gasteiger partial charge in [-0.3, -0.25) is 4.90 Å². The Balaban J connectivity index is 1.51. The molecule has 1 aliphatic heterocycles. The van der Waals surface area contributed by atoms with E-state index in [4.69, 9.17) is 13.9 Å². The zero-order chi connectivity index (χ0) is 18.8. The van der Waals surface area contributed by atoms with Gasteiger partial charge in [0.15, 0.2) is 11.5 Å². The first-order chi connectivity index (χ1) is 13.2. The molecule has 6 heteroatoms. The molecule has 1 fully saturated rings. The van der Waals surface area contributed by atoms with Crippen LogP contribution in [-0.2, 0) is 11.3 Å². The highest BCUT2D eigenvalue weighted by Gasteiger charge is 2.28. The molecule has 4 rings (SSSR count). The summed E-state index contributed by atoms with van der Waals surface area (Å²) in [6.45, 7) is 2.71. The molecule has 0 saturated carbocycles. The van der Waals surface area contributed by atoms with Gasteiger partial charge in [0.05, 0.1) is 14.2 Å². The van der Waals surface area contributed by atoms with Crippen molar-refractivity contribution in [3.05, 3.63) is 59.5 Å². The van der Waals surface area contributed by atoms with E-state index < -0.39 is 5.97 Å². The molecule has 1 atom stereocenters. The Hall–Kier alpha value is -2.86. The lowest BCUT2D eigenvalue weighted by atomic mass is 10.1. The third-order valence-corrected chi connectivity index (χ3v) is 5.00. The Morgan fingerprint density at radius 3 is 2.93 bits per heavy atom. The molecule has 2 heterocycles. The summed E-state index contributed by atoms with van der Waals surface area (Å²) in [6.07, 6.45) is 0.977. The minimum Gasteiger partial charge on any atom is -0.497 e. The van der Waals surface area contributed by atoms with Gasteiger partial charge in [0, 0.05) is 19.0 Å². The van der Waals surface area contributed by atoms with E-state index in [1.165, 1.54) is 12.7 Å². The number of esters is 1. The highest BCUT2D eigenvalue weighted by Crippen LogP contribution is 2.31. The van der Waals surface area contributed by atoms with Gasteiger partial charge in [0.1, 0.15) is 16.8 Å². The van der Waals surface area contributed by atoms with Crippen molar-refractivity contribution in [2.75, 3.05) is 27.3 Å². The smallest absolute Gasteiger partial charge is 0.341 e. The van der Waals surface area contributed by atoms with Gasteiger partial charge >= 0.3 is 5.97 Å². The molecular formula is C21H22N2O4. The topological polar surface area (TPSA) is 64.8 Å². The van der Waals surface area contributed by atoms with E-state index in [1.54, 1.807) is 19.2 Å². The van der Waals surface area contributed by atoms with Crippen molar-refractivity contribution >= 4 is 17.1 Å². The molecule has 1 unspecified atom stereocenters. The average molecular weight is 366 g/mol. The largest absolute Gasteiger partial charge is 0.497 e. The first-order valence-electron chi connectivity index (χ1n) is 9.01. The van der Waals surface area contributed by atoms with E-state index in [0.29, 0.717) is 22.6 Å². The number of hydrogen-bond acceptors (Lipinski definition) is 6. The van der Waals surface area contributed by atoms with Crippen LogP contribution in [0.1, 0.15) is 34.2 Å². The number of para-hydroxylation sites is 1. The summed E-state index contributed by atoms with van der Waals surface area (Å²) in [5.41, 5.74) is 2.84. The second-order valence-electron chi connectivity index (χ2n) is 6.77. The lowest BCUT2D eigenvalue weighted by Gasteiger charge is -2.15. The summed E-state index contributed by atoms with van der Waals surface area (Å²) in [6, 6.07) is 13.5. The molecule has 1 saturated heterocycles. The highest BCUT2D eigenvalue weighted by atomic mass is 16.5. The van der Waals surface area contributed by atoms with Crippen LogP contribution >= 0.6 is 0 Å². The van der Waals surface area contributed by atoms with Gasteiger partial charge in [-0.05, 0) is 42.8 Å². The van der Waals surface area contributed by atoms with E-state index >= 15 is 0 Å². The molecule has 0 N–H and O–H groups in total. The Kier molecular flexibility index (Phi) is 4.81. The first-order valence-corrected chi connectivity index (χ1v) is 9.01. The number of nitrogens with zero attached hydrogens (tertiary/aromatic N) is 2. The van der Waals surface area contributed by atoms with Crippen molar-refractivity contribution in [2.45, 2.75) is 18.9 Å². The molecule has 6 nitrogen and oxygen atoms in total. The van der Waals surface area contributed by atoms with Crippen LogP contribution in [0, 0.1) is 0 Å². The summed E-state index contributed by atoms with van der Waals surface area (Å²) in [7, 11) is 3.05. The number of ether oxygens (including phenoxy) is 2. The van der Waals surface area contributed by atoms with Crippen LogP contribution < -0.4 is 4.74 Å². The van der Waals surface area contributed by atoms with Gasteiger partial charge in [-0.25, -0.2) is 9.78 Å². The third-order valence-electron chi connectivity index (χ3n) is 5.00. The summed E-state index contributed by atoms with van der Waals surface area (Å²) in [5, 5.41) is 0. The van der Waals surface area contributed by atoms with Crippen LogP contribution in [0.4, 0.5) is 0 Å². The maximum atomic E-state index is 11.9. The molecule has 0 bridgehead atoms. The Bertz CT molecular complexity index is 966. The van der Waals surface area contributed by atoms with E-state index in [1.807, 2.05) is 18.2 Å². The van der Waals surface area contributed by atoms with Crippen LogP contribution in [-0.4, -0.2) is 43.2 Å². The molecule has 1 aliphatic rings. The lowest BCUT2D eigenvalue weighted by molar-refractivity contribution is 0.0601. The van der Waals surface area contributed by atoms with Crippen LogP contribution in [0.2, 0.25) is 0 Å². The standard InChI is InChI=1S/C21H22N2O4/c1-25-16-6-3-5-14(11-16)12-23-10-9-15(13-23)20-22-18-8-4-7-17(19(18)27-20)21(24)26-2/h3-8,11,15H,9-10,12-13H2,1-2H3. The number of aromatic nitrogens is 1. The Morgan fingerprint density at radius 2 is 2.11 bits per heavy atom. The monoisotopic (exact) mass is 366 g/mol. The van der Waals surface area contributed by atoms with Crippen LogP contribution in [0.25, 0.3) is 11.1 Å². The fourth-order valence-corrected chi connectivity index (χ4v) is 3.62. The number of likely N-dealkylation sites (tertiary alicyclic amines) is 1. The fraction of sp³-hybridized carbons (Fsp3) is 0.333. The Labute approximate surface area is 157 Å². The summed E-state index contributed by atoms with van der Waals surface area (Å²) in [5.74, 6) is 1.37. The molecule has 1 aromatic heterocycles. The van der Waals surface area contributed by atoms with Crippen LogP contribution in [0.3, 0.4) is 0 Å². The first kappa shape index (κ1) is 17.5. The number of carbonyl (C=O) groups excluding carboxylic acids is 1. The average Bonchev–Trinajstić information content (AvgIpc) is 3.33. The number of rotatable bonds is 5. The van der Waals surface area contributed by atoms with Gasteiger partial charge in [-0.2, -0.15) is 0 Å². The molecule has 2 aromatic carbocycles. The van der Waals surface area contributed by atoms with Crippen molar-refractivity contribution in [3.63, 3.8) is 0 Å². The number of fused-ring (bicyclic) bond motifs is 1. The summed E-state index contributed by atoms with van der Waals surface area (Å²) >= 11 is 0. The summed E-state index contributed by atoms with van der Waals surface area (Å²) < 4.78 is 16.1. The molecule has 27 heavy (non-hydrogen) atoms. The molecule has 0 amide bonds. The zero-order valence-corrected chi connectivity index (χ0v) is 15.5. The van der Waals surface area contributed by atoms with E-state index in [0.717, 1.165) is 31.8 Å². The SMILES string of the molecule is COC(=O)c1cccc2nc(C3CCN(Cc4cccc(OC)c4)C3)oc12. The minimum atomic E-state index is -0.408. The van der Waals surface area contributed by atoms with Gasteiger partial charge in [0.25, 0.3) is 0 Å². The minimum absolute atomic E-state index is 0.216. The second-order valence-corrected chi connectivity index (χ2v) is 6.77.